The lowest BCUT2D eigenvalue weighted by Crippen LogP contribution is -2.29. The lowest BCUT2D eigenvalue weighted by Gasteiger charge is -2.23. The molecule has 3 aromatic carbocycles. The Kier molecular flexibility index (Phi) is 5.97. The van der Waals surface area contributed by atoms with Crippen molar-refractivity contribution in [3.8, 4) is 5.69 Å². The van der Waals surface area contributed by atoms with Crippen molar-refractivity contribution in [2.75, 3.05) is 5.32 Å². The number of nitrogens with zero attached hydrogens (tertiary/aromatic N) is 2. The molecule has 0 radical (unpaired) electrons. The maximum atomic E-state index is 14.1. The minimum absolute atomic E-state index is 0.0294. The number of carbonyl (C=O) groups excluding carboxylic acids is 1. The van der Waals surface area contributed by atoms with Gasteiger partial charge in [-0.2, -0.15) is 0 Å². The van der Waals surface area contributed by atoms with E-state index in [-0.39, 0.29) is 18.1 Å². The molecule has 0 saturated carbocycles. The van der Waals surface area contributed by atoms with Crippen LogP contribution in [0, 0.1) is 11.6 Å². The molecule has 0 aliphatic heterocycles. The molecule has 4 rings (SSSR count). The van der Waals surface area contributed by atoms with E-state index in [2.05, 4.69) is 10.3 Å². The lowest BCUT2D eigenvalue weighted by molar-refractivity contribution is -0.120. The summed E-state index contributed by atoms with van der Waals surface area (Å²) >= 11 is 0. The molecular weight excluding hydrogens is 440 g/mol. The van der Waals surface area contributed by atoms with E-state index in [4.69, 9.17) is 0 Å². The first-order chi connectivity index (χ1) is 15.9. The highest BCUT2D eigenvalue weighted by Gasteiger charge is 2.28. The molecule has 8 heteroatoms. The van der Waals surface area contributed by atoms with E-state index in [1.165, 1.54) is 11.5 Å². The van der Waals surface area contributed by atoms with Gasteiger partial charge >= 0.3 is 0 Å². The number of hydrogen-bond donors (Lipinski definition) is 3. The number of nitrogens with one attached hydrogen (secondary N) is 1. The summed E-state index contributed by atoms with van der Waals surface area (Å²) in [4.78, 5) is 17.3. The van der Waals surface area contributed by atoms with Gasteiger partial charge in [0, 0.05) is 6.07 Å². The van der Waals surface area contributed by atoms with Gasteiger partial charge in [0.2, 0.25) is 11.9 Å². The highest BCUT2D eigenvalue weighted by molar-refractivity contribution is 5.93. The molecule has 6 nitrogen and oxygen atoms in total. The zero-order valence-corrected chi connectivity index (χ0v) is 19.0. The van der Waals surface area contributed by atoms with Crippen LogP contribution in [-0.2, 0) is 16.0 Å². The normalized spacial score (nSPS) is 13.6. The zero-order valence-electron chi connectivity index (χ0n) is 19.0. The van der Waals surface area contributed by atoms with Crippen molar-refractivity contribution in [3.05, 3.63) is 89.5 Å². The Morgan fingerprint density at radius 3 is 2.21 bits per heavy atom. The van der Waals surface area contributed by atoms with Gasteiger partial charge in [-0.15, -0.1) is 0 Å². The highest BCUT2D eigenvalue weighted by atomic mass is 19.1. The fourth-order valence-electron chi connectivity index (χ4n) is 3.85. The summed E-state index contributed by atoms with van der Waals surface area (Å²) in [5, 5.41) is 24.0. The molecule has 0 bridgehead atoms. The van der Waals surface area contributed by atoms with Crippen LogP contribution in [0.1, 0.15) is 38.3 Å². The Morgan fingerprint density at radius 1 is 0.941 bits per heavy atom. The molecule has 1 amide bonds. The van der Waals surface area contributed by atoms with E-state index < -0.39 is 28.7 Å². The van der Waals surface area contributed by atoms with Gasteiger partial charge in [-0.1, -0.05) is 36.4 Å². The number of amides is 1. The molecule has 1 heterocycles. The largest absolute Gasteiger partial charge is 0.386 e. The van der Waals surface area contributed by atoms with Crippen LogP contribution in [0.15, 0.2) is 66.7 Å². The summed E-state index contributed by atoms with van der Waals surface area (Å²) in [6, 6.07) is 16.8. The smallest absolute Gasteiger partial charge is 0.229 e. The third-order valence-electron chi connectivity index (χ3n) is 5.62. The van der Waals surface area contributed by atoms with Gasteiger partial charge in [-0.3, -0.25) is 14.7 Å². The number of hydrogen-bond acceptors (Lipinski definition) is 4. The number of fused-ring (bicyclic) bond motifs is 1. The number of aliphatic hydroxyl groups is 2. The second-order valence-electron chi connectivity index (χ2n) is 9.03. The predicted octanol–water partition coefficient (Wildman–Crippen LogP) is 4.77. The maximum Gasteiger partial charge on any atom is 0.229 e. The first-order valence-corrected chi connectivity index (χ1v) is 10.7. The second kappa shape index (κ2) is 8.62. The predicted molar refractivity (Wildman–Crippen MR) is 125 cm³/mol. The molecule has 0 saturated heterocycles. The van der Waals surface area contributed by atoms with Crippen LogP contribution >= 0.6 is 0 Å². The first kappa shape index (κ1) is 23.5. The lowest BCUT2D eigenvalue weighted by atomic mass is 9.92. The number of halogens is 2. The molecule has 0 aliphatic carbocycles. The molecule has 1 aromatic heterocycles. The number of carbonyl (C=O) groups is 1. The SMILES string of the molecule is CC(C)(O)c1ccc2nc(NC(=O)CC(C)(O)c3ccccc3)n(-c3cc(F)cc(F)c3)c2c1. The number of aromatic nitrogens is 2. The first-order valence-electron chi connectivity index (χ1n) is 10.7. The van der Waals surface area contributed by atoms with Gasteiger partial charge in [0.25, 0.3) is 0 Å². The molecule has 0 aliphatic rings. The molecule has 0 spiro atoms. The van der Waals surface area contributed by atoms with E-state index >= 15 is 0 Å². The van der Waals surface area contributed by atoms with Crippen molar-refractivity contribution in [1.82, 2.24) is 9.55 Å². The van der Waals surface area contributed by atoms with Gasteiger partial charge < -0.3 is 10.2 Å². The number of imidazole rings is 1. The Labute approximate surface area is 195 Å². The van der Waals surface area contributed by atoms with Crippen LogP contribution < -0.4 is 5.32 Å². The van der Waals surface area contributed by atoms with E-state index in [1.54, 1.807) is 56.3 Å². The van der Waals surface area contributed by atoms with Crippen LogP contribution in [0.2, 0.25) is 0 Å². The van der Waals surface area contributed by atoms with Crippen molar-refractivity contribution in [2.45, 2.75) is 38.4 Å². The Bertz CT molecular complexity index is 1340. The van der Waals surface area contributed by atoms with E-state index in [1.807, 2.05) is 6.07 Å². The Balaban J connectivity index is 1.78. The third kappa shape index (κ3) is 4.83. The minimum Gasteiger partial charge on any atom is -0.386 e. The van der Waals surface area contributed by atoms with Crippen LogP contribution in [0.5, 0.6) is 0 Å². The van der Waals surface area contributed by atoms with Crippen molar-refractivity contribution in [1.29, 1.82) is 0 Å². The average Bonchev–Trinajstić information content (AvgIpc) is 3.09. The Morgan fingerprint density at radius 2 is 1.59 bits per heavy atom. The van der Waals surface area contributed by atoms with Crippen molar-refractivity contribution in [2.24, 2.45) is 0 Å². The van der Waals surface area contributed by atoms with E-state index in [9.17, 15) is 23.8 Å². The van der Waals surface area contributed by atoms with Crippen LogP contribution in [0.3, 0.4) is 0 Å². The summed E-state index contributed by atoms with van der Waals surface area (Å²) in [6.07, 6.45) is -0.271. The summed E-state index contributed by atoms with van der Waals surface area (Å²) in [7, 11) is 0. The number of rotatable bonds is 6. The monoisotopic (exact) mass is 465 g/mol. The summed E-state index contributed by atoms with van der Waals surface area (Å²) in [6.45, 7) is 4.76. The number of anilines is 1. The number of benzene rings is 3. The van der Waals surface area contributed by atoms with Crippen molar-refractivity contribution in [3.63, 3.8) is 0 Å². The van der Waals surface area contributed by atoms with Gasteiger partial charge in [-0.05, 0) is 56.2 Å². The molecule has 4 aromatic rings. The molecular formula is C26H25F2N3O3. The second-order valence-corrected chi connectivity index (χ2v) is 9.03. The molecule has 0 fully saturated rings. The topological polar surface area (TPSA) is 87.4 Å². The zero-order chi connectivity index (χ0) is 24.7. The molecule has 34 heavy (non-hydrogen) atoms. The fraction of sp³-hybridized carbons (Fsp3) is 0.231. The summed E-state index contributed by atoms with van der Waals surface area (Å²) in [5.41, 5.74) is -0.491. The van der Waals surface area contributed by atoms with Crippen LogP contribution in [0.25, 0.3) is 16.7 Å². The fourth-order valence-corrected chi connectivity index (χ4v) is 3.85. The van der Waals surface area contributed by atoms with Gasteiger partial charge in [-0.25, -0.2) is 13.8 Å². The summed E-state index contributed by atoms with van der Waals surface area (Å²) in [5.74, 6) is -2.09. The maximum absolute atomic E-state index is 14.1. The average molecular weight is 466 g/mol. The van der Waals surface area contributed by atoms with Crippen LogP contribution in [-0.4, -0.2) is 25.7 Å². The molecule has 3 N–H and O–H groups in total. The highest BCUT2D eigenvalue weighted by Crippen LogP contribution is 2.31. The van der Waals surface area contributed by atoms with Gasteiger partial charge in [0.05, 0.1) is 34.3 Å². The quantitative estimate of drug-likeness (QED) is 0.383. The van der Waals surface area contributed by atoms with Crippen LogP contribution in [0.4, 0.5) is 14.7 Å². The minimum atomic E-state index is -1.44. The molecule has 1 unspecified atom stereocenters. The third-order valence-corrected chi connectivity index (χ3v) is 5.62. The van der Waals surface area contributed by atoms with Crippen molar-refractivity contribution >= 4 is 22.9 Å². The standard InChI is InChI=1S/C26H25F2N3O3/c1-25(2,33)17-9-10-21-22(11-17)31(20-13-18(27)12-19(28)14-20)24(29-21)30-23(32)15-26(3,34)16-7-5-4-6-8-16/h4-14,33-34H,15H2,1-3H3,(H,29,30,32). The molecule has 1 atom stereocenters. The van der Waals surface area contributed by atoms with E-state index in [0.29, 0.717) is 22.2 Å². The summed E-state index contributed by atoms with van der Waals surface area (Å²) < 4.78 is 29.5. The van der Waals surface area contributed by atoms with Crippen molar-refractivity contribution < 1.29 is 23.8 Å². The van der Waals surface area contributed by atoms with Gasteiger partial charge in [0.15, 0.2) is 0 Å². The van der Waals surface area contributed by atoms with E-state index in [0.717, 1.165) is 18.2 Å². The molecule has 176 valence electrons. The Hall–Kier alpha value is -3.62. The van der Waals surface area contributed by atoms with Gasteiger partial charge in [0.1, 0.15) is 11.6 Å².